The Morgan fingerprint density at radius 3 is 2.91 bits per heavy atom. The van der Waals surface area contributed by atoms with Crippen molar-refractivity contribution >= 4 is 21.6 Å². The van der Waals surface area contributed by atoms with E-state index in [2.05, 4.69) is 10.0 Å². The molecule has 6 nitrogen and oxygen atoms in total. The third-order valence-corrected chi connectivity index (χ3v) is 5.00. The van der Waals surface area contributed by atoms with E-state index in [9.17, 15) is 13.2 Å². The van der Waals surface area contributed by atoms with Crippen LogP contribution >= 0.6 is 0 Å². The molecule has 1 aromatic rings. The summed E-state index contributed by atoms with van der Waals surface area (Å²) in [5.74, 6) is 0.00501. The summed E-state index contributed by atoms with van der Waals surface area (Å²) in [4.78, 5) is 14.3. The molecule has 2 N–H and O–H groups in total. The zero-order valence-electron chi connectivity index (χ0n) is 13.0. The lowest BCUT2D eigenvalue weighted by Gasteiger charge is -2.32. The van der Waals surface area contributed by atoms with E-state index in [0.29, 0.717) is 30.8 Å². The van der Waals surface area contributed by atoms with Crippen molar-refractivity contribution in [2.75, 3.05) is 30.1 Å². The SMILES string of the molecule is CCCS(=O)(=O)Nc1cccc(C(=O)N2CCNC(C)C2)c1. The van der Waals surface area contributed by atoms with Gasteiger partial charge in [0.1, 0.15) is 0 Å². The van der Waals surface area contributed by atoms with Gasteiger partial charge in [0, 0.05) is 36.9 Å². The smallest absolute Gasteiger partial charge is 0.254 e. The molecule has 0 aliphatic carbocycles. The number of rotatable bonds is 5. The zero-order chi connectivity index (χ0) is 16.2. The van der Waals surface area contributed by atoms with Gasteiger partial charge >= 0.3 is 0 Å². The first-order chi connectivity index (χ1) is 10.4. The summed E-state index contributed by atoms with van der Waals surface area (Å²) in [7, 11) is -3.35. The summed E-state index contributed by atoms with van der Waals surface area (Å²) in [5.41, 5.74) is 0.938. The van der Waals surface area contributed by atoms with Crippen molar-refractivity contribution in [3.63, 3.8) is 0 Å². The highest BCUT2D eigenvalue weighted by Crippen LogP contribution is 2.15. The summed E-state index contributed by atoms with van der Waals surface area (Å²) in [5, 5.41) is 3.29. The maximum absolute atomic E-state index is 12.5. The summed E-state index contributed by atoms with van der Waals surface area (Å²) >= 11 is 0. The number of hydrogen-bond donors (Lipinski definition) is 2. The van der Waals surface area contributed by atoms with Crippen LogP contribution in [-0.2, 0) is 10.0 Å². The minimum atomic E-state index is -3.35. The lowest BCUT2D eigenvalue weighted by Crippen LogP contribution is -2.51. The highest BCUT2D eigenvalue weighted by atomic mass is 32.2. The van der Waals surface area contributed by atoms with Crippen LogP contribution in [0.5, 0.6) is 0 Å². The van der Waals surface area contributed by atoms with E-state index in [1.165, 1.54) is 0 Å². The molecule has 1 amide bonds. The number of carbonyl (C=O) groups excluding carboxylic acids is 1. The molecule has 1 aromatic carbocycles. The van der Waals surface area contributed by atoms with Crippen LogP contribution in [0.4, 0.5) is 5.69 Å². The first-order valence-corrected chi connectivity index (χ1v) is 9.19. The zero-order valence-corrected chi connectivity index (χ0v) is 13.8. The quantitative estimate of drug-likeness (QED) is 0.854. The highest BCUT2D eigenvalue weighted by molar-refractivity contribution is 7.92. The molecule has 7 heteroatoms. The van der Waals surface area contributed by atoms with Crippen LogP contribution in [-0.4, -0.2) is 50.7 Å². The normalized spacial score (nSPS) is 19.0. The van der Waals surface area contributed by atoms with E-state index < -0.39 is 10.0 Å². The first-order valence-electron chi connectivity index (χ1n) is 7.54. The summed E-state index contributed by atoms with van der Waals surface area (Å²) in [6.07, 6.45) is 0.548. The number of benzene rings is 1. The van der Waals surface area contributed by atoms with Crippen molar-refractivity contribution in [2.24, 2.45) is 0 Å². The van der Waals surface area contributed by atoms with E-state index >= 15 is 0 Å². The van der Waals surface area contributed by atoms with Gasteiger partial charge in [-0.25, -0.2) is 8.42 Å². The van der Waals surface area contributed by atoms with Crippen LogP contribution in [0, 0.1) is 0 Å². The molecule has 0 aromatic heterocycles. The molecule has 0 spiro atoms. The van der Waals surface area contributed by atoms with Gasteiger partial charge in [-0.15, -0.1) is 0 Å². The van der Waals surface area contributed by atoms with Gasteiger partial charge in [-0.2, -0.15) is 0 Å². The minimum Gasteiger partial charge on any atom is -0.336 e. The van der Waals surface area contributed by atoms with Crippen LogP contribution in [0.3, 0.4) is 0 Å². The van der Waals surface area contributed by atoms with Gasteiger partial charge in [0.05, 0.1) is 5.75 Å². The summed E-state index contributed by atoms with van der Waals surface area (Å²) in [6, 6.07) is 6.94. The predicted molar refractivity (Wildman–Crippen MR) is 87.5 cm³/mol. The van der Waals surface area contributed by atoms with Crippen LogP contribution < -0.4 is 10.0 Å². The average Bonchev–Trinajstić information content (AvgIpc) is 2.46. The number of carbonyl (C=O) groups is 1. The molecule has 1 saturated heterocycles. The Morgan fingerprint density at radius 2 is 2.23 bits per heavy atom. The molecular weight excluding hydrogens is 302 g/mol. The van der Waals surface area contributed by atoms with Crippen molar-refractivity contribution < 1.29 is 13.2 Å². The molecule has 122 valence electrons. The second-order valence-electron chi connectivity index (χ2n) is 5.61. The predicted octanol–water partition coefficient (Wildman–Crippen LogP) is 1.27. The maximum Gasteiger partial charge on any atom is 0.254 e. The number of anilines is 1. The largest absolute Gasteiger partial charge is 0.336 e. The second kappa shape index (κ2) is 7.11. The number of sulfonamides is 1. The summed E-state index contributed by atoms with van der Waals surface area (Å²) < 4.78 is 26.1. The molecule has 1 heterocycles. The van der Waals surface area contributed by atoms with Crippen LogP contribution in [0.2, 0.25) is 0 Å². The van der Waals surface area contributed by atoms with E-state index in [-0.39, 0.29) is 17.7 Å². The maximum atomic E-state index is 12.5. The van der Waals surface area contributed by atoms with Crippen LogP contribution in [0.25, 0.3) is 0 Å². The van der Waals surface area contributed by atoms with Crippen LogP contribution in [0.15, 0.2) is 24.3 Å². The third-order valence-electron chi connectivity index (χ3n) is 3.51. The Labute approximate surface area is 131 Å². The standard InChI is InChI=1S/C15H23N3O3S/c1-3-9-22(20,21)17-14-6-4-5-13(10-14)15(19)18-8-7-16-12(2)11-18/h4-6,10,12,16-17H,3,7-9,11H2,1-2H3. The van der Waals surface area contributed by atoms with Gasteiger partial charge in [-0.05, 0) is 31.5 Å². The molecule has 22 heavy (non-hydrogen) atoms. The molecule has 2 rings (SSSR count). The lowest BCUT2D eigenvalue weighted by molar-refractivity contribution is 0.0709. The molecule has 1 aliphatic heterocycles. The second-order valence-corrected chi connectivity index (χ2v) is 7.45. The Balaban J connectivity index is 2.12. The van der Waals surface area contributed by atoms with Gasteiger partial charge in [0.15, 0.2) is 0 Å². The number of piperazine rings is 1. The van der Waals surface area contributed by atoms with Crippen molar-refractivity contribution in [3.05, 3.63) is 29.8 Å². The van der Waals surface area contributed by atoms with Gasteiger partial charge in [-0.1, -0.05) is 13.0 Å². The van der Waals surface area contributed by atoms with Crippen molar-refractivity contribution in [3.8, 4) is 0 Å². The number of nitrogens with zero attached hydrogens (tertiary/aromatic N) is 1. The molecular formula is C15H23N3O3S. The number of amides is 1. The van der Waals surface area contributed by atoms with E-state index in [4.69, 9.17) is 0 Å². The Kier molecular flexibility index (Phi) is 5.42. The fourth-order valence-corrected chi connectivity index (χ4v) is 3.64. The Hall–Kier alpha value is -1.60. The molecule has 0 radical (unpaired) electrons. The molecule has 0 saturated carbocycles. The topological polar surface area (TPSA) is 78.5 Å². The fraction of sp³-hybridized carbons (Fsp3) is 0.533. The lowest BCUT2D eigenvalue weighted by atomic mass is 10.1. The molecule has 1 fully saturated rings. The van der Waals surface area contributed by atoms with Crippen molar-refractivity contribution in [2.45, 2.75) is 26.3 Å². The molecule has 1 aliphatic rings. The average molecular weight is 325 g/mol. The molecule has 1 unspecified atom stereocenters. The Morgan fingerprint density at radius 1 is 1.45 bits per heavy atom. The summed E-state index contributed by atoms with van der Waals surface area (Å²) in [6.45, 7) is 5.94. The monoisotopic (exact) mass is 325 g/mol. The van der Waals surface area contributed by atoms with Crippen molar-refractivity contribution in [1.82, 2.24) is 10.2 Å². The molecule has 0 bridgehead atoms. The van der Waals surface area contributed by atoms with E-state index in [0.717, 1.165) is 6.54 Å². The van der Waals surface area contributed by atoms with E-state index in [1.54, 1.807) is 29.2 Å². The van der Waals surface area contributed by atoms with Crippen LogP contribution in [0.1, 0.15) is 30.6 Å². The van der Waals surface area contributed by atoms with Crippen molar-refractivity contribution in [1.29, 1.82) is 0 Å². The third kappa shape index (κ3) is 4.45. The molecule has 1 atom stereocenters. The van der Waals surface area contributed by atoms with E-state index in [1.807, 2.05) is 13.8 Å². The minimum absolute atomic E-state index is 0.0649. The first kappa shape index (κ1) is 16.8. The van der Waals surface area contributed by atoms with Gasteiger partial charge in [0.25, 0.3) is 5.91 Å². The van der Waals surface area contributed by atoms with Gasteiger partial charge in [-0.3, -0.25) is 9.52 Å². The fourth-order valence-electron chi connectivity index (χ4n) is 2.51. The highest BCUT2D eigenvalue weighted by Gasteiger charge is 2.22. The van der Waals surface area contributed by atoms with Gasteiger partial charge in [0.2, 0.25) is 10.0 Å². The number of hydrogen-bond acceptors (Lipinski definition) is 4. The Bertz CT molecular complexity index is 631. The van der Waals surface area contributed by atoms with Gasteiger partial charge < -0.3 is 10.2 Å². The number of nitrogens with one attached hydrogen (secondary N) is 2.